The maximum absolute atomic E-state index is 3.52. The molecule has 0 heterocycles. The van der Waals surface area contributed by atoms with Crippen LogP contribution in [0.25, 0.3) is 0 Å². The minimum absolute atomic E-state index is 0.245. The Labute approximate surface area is 109 Å². The third-order valence-electron chi connectivity index (χ3n) is 4.05. The van der Waals surface area contributed by atoms with E-state index >= 15 is 0 Å². The quantitative estimate of drug-likeness (QED) is 0.665. The zero-order chi connectivity index (χ0) is 13.5. The average molecular weight is 242 g/mol. The maximum Gasteiger partial charge on any atom is 0.0305 e. The summed E-state index contributed by atoms with van der Waals surface area (Å²) in [4.78, 5) is 2.56. The monoisotopic (exact) mass is 242 g/mol. The molecule has 104 valence electrons. The van der Waals surface area contributed by atoms with Crippen molar-refractivity contribution in [3.05, 3.63) is 0 Å². The third kappa shape index (κ3) is 5.39. The van der Waals surface area contributed by atoms with Gasteiger partial charge in [0.25, 0.3) is 0 Å². The molecule has 0 aliphatic rings. The summed E-state index contributed by atoms with van der Waals surface area (Å²) in [5, 5.41) is 3.52. The van der Waals surface area contributed by atoms with E-state index in [1.807, 2.05) is 0 Å². The molecule has 2 nitrogen and oxygen atoms in total. The van der Waals surface area contributed by atoms with Crippen molar-refractivity contribution in [1.29, 1.82) is 0 Å². The molecule has 0 aromatic carbocycles. The van der Waals surface area contributed by atoms with Crippen LogP contribution in [0.15, 0.2) is 0 Å². The Morgan fingerprint density at radius 3 is 1.94 bits per heavy atom. The normalized spacial score (nSPS) is 14.6. The first-order valence-electron chi connectivity index (χ1n) is 7.32. The maximum atomic E-state index is 3.52. The van der Waals surface area contributed by atoms with Gasteiger partial charge in [0.15, 0.2) is 0 Å². The van der Waals surface area contributed by atoms with Crippen molar-refractivity contribution in [2.75, 3.05) is 20.1 Å². The second kappa shape index (κ2) is 8.10. The van der Waals surface area contributed by atoms with E-state index in [2.05, 4.69) is 58.8 Å². The van der Waals surface area contributed by atoms with E-state index < -0.39 is 0 Å². The van der Waals surface area contributed by atoms with Gasteiger partial charge in [-0.1, -0.05) is 40.5 Å². The van der Waals surface area contributed by atoms with Gasteiger partial charge >= 0.3 is 0 Å². The molecule has 0 bridgehead atoms. The first kappa shape index (κ1) is 16.9. The highest BCUT2D eigenvalue weighted by atomic mass is 15.2. The van der Waals surface area contributed by atoms with E-state index in [1.54, 1.807) is 0 Å². The van der Waals surface area contributed by atoms with Crippen LogP contribution >= 0.6 is 0 Å². The molecule has 0 aromatic rings. The predicted octanol–water partition coefficient (Wildman–Crippen LogP) is 3.52. The van der Waals surface area contributed by atoms with E-state index in [9.17, 15) is 0 Å². The molecule has 1 N–H and O–H groups in total. The summed E-state index contributed by atoms with van der Waals surface area (Å²) in [6.45, 7) is 16.1. The van der Waals surface area contributed by atoms with Crippen molar-refractivity contribution in [3.63, 3.8) is 0 Å². The van der Waals surface area contributed by atoms with Crippen molar-refractivity contribution in [1.82, 2.24) is 10.2 Å². The standard InChI is InChI=1S/C15H34N2/c1-8-17(9-2)15(5,6)14(16-7)12-10-11-13(3)4/h13-14,16H,8-12H2,1-7H3. The fourth-order valence-corrected chi connectivity index (χ4v) is 2.84. The van der Waals surface area contributed by atoms with Crippen molar-refractivity contribution >= 4 is 0 Å². The SMILES string of the molecule is CCN(CC)C(C)(C)C(CCCC(C)C)NC. The van der Waals surface area contributed by atoms with Gasteiger partial charge in [0.2, 0.25) is 0 Å². The van der Waals surface area contributed by atoms with Crippen LogP contribution in [0.4, 0.5) is 0 Å². The van der Waals surface area contributed by atoms with Crippen molar-refractivity contribution in [2.24, 2.45) is 5.92 Å². The summed E-state index contributed by atoms with van der Waals surface area (Å²) in [5.41, 5.74) is 0.245. The van der Waals surface area contributed by atoms with E-state index in [-0.39, 0.29) is 5.54 Å². The Morgan fingerprint density at radius 2 is 1.59 bits per heavy atom. The predicted molar refractivity (Wildman–Crippen MR) is 78.5 cm³/mol. The van der Waals surface area contributed by atoms with Gasteiger partial charge in [-0.15, -0.1) is 0 Å². The third-order valence-corrected chi connectivity index (χ3v) is 4.05. The van der Waals surface area contributed by atoms with Gasteiger partial charge < -0.3 is 5.32 Å². The molecular weight excluding hydrogens is 208 g/mol. The topological polar surface area (TPSA) is 15.3 Å². The van der Waals surface area contributed by atoms with Crippen LogP contribution in [-0.2, 0) is 0 Å². The molecule has 0 aliphatic carbocycles. The van der Waals surface area contributed by atoms with Gasteiger partial charge in [0.05, 0.1) is 0 Å². The number of rotatable bonds is 9. The second-order valence-corrected chi connectivity index (χ2v) is 5.99. The van der Waals surface area contributed by atoms with Gasteiger partial charge in [-0.3, -0.25) is 4.90 Å². The van der Waals surface area contributed by atoms with Crippen molar-refractivity contribution in [2.45, 2.75) is 72.4 Å². The fourth-order valence-electron chi connectivity index (χ4n) is 2.84. The van der Waals surface area contributed by atoms with Crippen LogP contribution in [0.2, 0.25) is 0 Å². The van der Waals surface area contributed by atoms with Crippen LogP contribution in [0.1, 0.15) is 60.8 Å². The lowest BCUT2D eigenvalue weighted by Gasteiger charge is -2.43. The smallest absolute Gasteiger partial charge is 0.0305 e. The van der Waals surface area contributed by atoms with E-state index in [1.165, 1.54) is 19.3 Å². The molecule has 0 spiro atoms. The Kier molecular flexibility index (Phi) is 8.06. The molecule has 1 unspecified atom stereocenters. The zero-order valence-electron chi connectivity index (χ0n) is 13.1. The Bertz CT molecular complexity index is 183. The lowest BCUT2D eigenvalue weighted by Crippen LogP contribution is -2.56. The Balaban J connectivity index is 4.40. The molecule has 0 aliphatic heterocycles. The summed E-state index contributed by atoms with van der Waals surface area (Å²) < 4.78 is 0. The van der Waals surface area contributed by atoms with Crippen LogP contribution in [0, 0.1) is 5.92 Å². The number of nitrogens with one attached hydrogen (secondary N) is 1. The van der Waals surface area contributed by atoms with Crippen LogP contribution in [0.3, 0.4) is 0 Å². The zero-order valence-corrected chi connectivity index (χ0v) is 13.1. The molecule has 0 saturated heterocycles. The summed E-state index contributed by atoms with van der Waals surface area (Å²) >= 11 is 0. The molecule has 0 rings (SSSR count). The van der Waals surface area contributed by atoms with Gasteiger partial charge in [-0.05, 0) is 46.3 Å². The lowest BCUT2D eigenvalue weighted by atomic mass is 9.87. The van der Waals surface area contributed by atoms with Gasteiger partial charge in [-0.2, -0.15) is 0 Å². The van der Waals surface area contributed by atoms with Gasteiger partial charge in [0, 0.05) is 11.6 Å². The summed E-state index contributed by atoms with van der Waals surface area (Å²) in [5.74, 6) is 0.823. The van der Waals surface area contributed by atoms with E-state index in [4.69, 9.17) is 0 Å². The molecular formula is C15H34N2. The number of hydrogen-bond acceptors (Lipinski definition) is 2. The highest BCUT2D eigenvalue weighted by Crippen LogP contribution is 2.23. The lowest BCUT2D eigenvalue weighted by molar-refractivity contribution is 0.0892. The Hall–Kier alpha value is -0.0800. The van der Waals surface area contributed by atoms with E-state index in [0.717, 1.165) is 19.0 Å². The minimum atomic E-state index is 0.245. The highest BCUT2D eigenvalue weighted by molar-refractivity contribution is 4.92. The minimum Gasteiger partial charge on any atom is -0.315 e. The molecule has 0 radical (unpaired) electrons. The molecule has 0 amide bonds. The van der Waals surface area contributed by atoms with Gasteiger partial charge in [-0.25, -0.2) is 0 Å². The number of likely N-dealkylation sites (N-methyl/N-ethyl adjacent to an activating group) is 2. The van der Waals surface area contributed by atoms with Crippen molar-refractivity contribution < 1.29 is 0 Å². The number of nitrogens with zero attached hydrogens (tertiary/aromatic N) is 1. The summed E-state index contributed by atoms with van der Waals surface area (Å²) in [6.07, 6.45) is 3.94. The van der Waals surface area contributed by atoms with Crippen molar-refractivity contribution in [3.8, 4) is 0 Å². The fraction of sp³-hybridized carbons (Fsp3) is 1.00. The first-order chi connectivity index (χ1) is 7.89. The second-order valence-electron chi connectivity index (χ2n) is 5.99. The van der Waals surface area contributed by atoms with Crippen LogP contribution < -0.4 is 5.32 Å². The molecule has 0 aromatic heterocycles. The molecule has 2 heteroatoms. The number of hydrogen-bond donors (Lipinski definition) is 1. The van der Waals surface area contributed by atoms with Crippen LogP contribution in [0.5, 0.6) is 0 Å². The Morgan fingerprint density at radius 1 is 1.06 bits per heavy atom. The molecule has 0 fully saturated rings. The molecule has 1 atom stereocenters. The largest absolute Gasteiger partial charge is 0.315 e. The van der Waals surface area contributed by atoms with Crippen LogP contribution in [-0.4, -0.2) is 36.6 Å². The highest BCUT2D eigenvalue weighted by Gasteiger charge is 2.32. The van der Waals surface area contributed by atoms with Gasteiger partial charge in [0.1, 0.15) is 0 Å². The average Bonchev–Trinajstić information content (AvgIpc) is 2.25. The summed E-state index contributed by atoms with van der Waals surface area (Å²) in [7, 11) is 2.10. The molecule has 0 saturated carbocycles. The molecule has 17 heavy (non-hydrogen) atoms. The first-order valence-corrected chi connectivity index (χ1v) is 7.32. The summed E-state index contributed by atoms with van der Waals surface area (Å²) in [6, 6.07) is 0.584. The van der Waals surface area contributed by atoms with E-state index in [0.29, 0.717) is 6.04 Å².